The van der Waals surface area contributed by atoms with Gasteiger partial charge in [-0.05, 0) is 12.8 Å². The highest BCUT2D eigenvalue weighted by Crippen LogP contribution is 2.43. The fraction of sp³-hybridized carbons (Fsp3) is 0.982. The van der Waals surface area contributed by atoms with Gasteiger partial charge < -0.3 is 20.1 Å². The SMILES string of the molecule is CCCCCCCCCCCCCCCCCCCCCCCCCCCCCCCCCCCCCC(=O)O[C@H](COCCCCCCCCCCCCCC)COP(=O)(O)OCCN. The van der Waals surface area contributed by atoms with Crippen LogP contribution in [0.5, 0.6) is 0 Å². The molecule has 0 aromatic rings. The lowest BCUT2D eigenvalue weighted by Gasteiger charge is -2.20. The van der Waals surface area contributed by atoms with Crippen molar-refractivity contribution in [1.29, 1.82) is 0 Å². The summed E-state index contributed by atoms with van der Waals surface area (Å²) in [6.07, 6.45) is 63.3. The lowest BCUT2D eigenvalue weighted by atomic mass is 10.0. The number of esters is 1. The van der Waals surface area contributed by atoms with E-state index in [4.69, 9.17) is 24.3 Å². The minimum Gasteiger partial charge on any atom is -0.457 e. The Morgan fingerprint density at radius 3 is 0.955 bits per heavy atom. The van der Waals surface area contributed by atoms with Crippen LogP contribution in [0.4, 0.5) is 0 Å². The molecule has 0 amide bonds. The first-order valence-electron chi connectivity index (χ1n) is 29.5. The summed E-state index contributed by atoms with van der Waals surface area (Å²) < 4.78 is 33.6. The van der Waals surface area contributed by atoms with E-state index < -0.39 is 13.9 Å². The Bertz CT molecular complexity index is 986. The second kappa shape index (κ2) is 55.4. The van der Waals surface area contributed by atoms with Crippen molar-refractivity contribution in [3.8, 4) is 0 Å². The predicted octanol–water partition coefficient (Wildman–Crippen LogP) is 18.8. The van der Waals surface area contributed by atoms with Gasteiger partial charge in [0.2, 0.25) is 0 Å². The number of phosphoric acid groups is 1. The third-order valence-corrected chi connectivity index (χ3v) is 14.5. The fourth-order valence-corrected chi connectivity index (χ4v) is 9.95. The monoisotopic (exact) mass is 958 g/mol. The van der Waals surface area contributed by atoms with Crippen LogP contribution in [0.15, 0.2) is 0 Å². The van der Waals surface area contributed by atoms with Crippen LogP contribution < -0.4 is 5.73 Å². The molecule has 8 nitrogen and oxygen atoms in total. The zero-order valence-electron chi connectivity index (χ0n) is 44.5. The minimum absolute atomic E-state index is 0.0898. The maximum absolute atomic E-state index is 12.7. The molecule has 1 unspecified atom stereocenters. The minimum atomic E-state index is -4.27. The summed E-state index contributed by atoms with van der Waals surface area (Å²) in [7, 11) is -4.27. The van der Waals surface area contributed by atoms with Crippen molar-refractivity contribution in [2.24, 2.45) is 5.73 Å². The molecule has 3 N–H and O–H groups in total. The Labute approximate surface area is 411 Å². The summed E-state index contributed by atoms with van der Waals surface area (Å²) >= 11 is 0. The van der Waals surface area contributed by atoms with E-state index >= 15 is 0 Å². The van der Waals surface area contributed by atoms with Crippen molar-refractivity contribution in [3.05, 3.63) is 0 Å². The van der Waals surface area contributed by atoms with Crippen LogP contribution in [0.2, 0.25) is 0 Å². The quantitative estimate of drug-likeness (QED) is 0.0352. The Morgan fingerprint density at radius 1 is 0.394 bits per heavy atom. The predicted molar refractivity (Wildman–Crippen MR) is 284 cm³/mol. The van der Waals surface area contributed by atoms with Crippen LogP contribution in [0.3, 0.4) is 0 Å². The average Bonchev–Trinajstić information content (AvgIpc) is 3.31. The normalized spacial score (nSPS) is 13.1. The van der Waals surface area contributed by atoms with E-state index in [2.05, 4.69) is 13.8 Å². The molecule has 0 fully saturated rings. The lowest BCUT2D eigenvalue weighted by molar-refractivity contribution is -0.154. The summed E-state index contributed by atoms with van der Waals surface area (Å²) in [4.78, 5) is 22.6. The Balaban J connectivity index is 3.64. The van der Waals surface area contributed by atoms with Crippen LogP contribution >= 0.6 is 7.82 Å². The Kier molecular flexibility index (Phi) is 55.0. The summed E-state index contributed by atoms with van der Waals surface area (Å²) in [6.45, 7) is 5.00. The summed E-state index contributed by atoms with van der Waals surface area (Å²) in [6, 6.07) is 0. The lowest BCUT2D eigenvalue weighted by Crippen LogP contribution is -2.28. The molecule has 0 rings (SSSR count). The van der Waals surface area contributed by atoms with E-state index in [-0.39, 0.29) is 32.3 Å². The molecule has 0 aromatic carbocycles. The summed E-state index contributed by atoms with van der Waals surface area (Å²) in [5, 5.41) is 0. The van der Waals surface area contributed by atoms with E-state index in [0.29, 0.717) is 13.0 Å². The van der Waals surface area contributed by atoms with Gasteiger partial charge in [-0.3, -0.25) is 13.8 Å². The van der Waals surface area contributed by atoms with Crippen LogP contribution in [-0.2, 0) is 27.9 Å². The van der Waals surface area contributed by atoms with E-state index in [1.165, 1.54) is 270 Å². The first kappa shape index (κ1) is 65.5. The molecule has 0 radical (unpaired) electrons. The molecule has 0 saturated carbocycles. The summed E-state index contributed by atoms with van der Waals surface area (Å²) in [5.74, 6) is -0.320. The highest BCUT2D eigenvalue weighted by atomic mass is 31.2. The molecular weight excluding hydrogens is 842 g/mol. The molecule has 66 heavy (non-hydrogen) atoms. The average molecular weight is 959 g/mol. The smallest absolute Gasteiger partial charge is 0.457 e. The second-order valence-electron chi connectivity index (χ2n) is 20.2. The number of carbonyl (C=O) groups excluding carboxylic acids is 1. The van der Waals surface area contributed by atoms with Crippen LogP contribution in [-0.4, -0.2) is 49.9 Å². The zero-order valence-corrected chi connectivity index (χ0v) is 45.4. The van der Waals surface area contributed by atoms with Gasteiger partial charge in [0, 0.05) is 19.6 Å². The molecule has 0 heterocycles. The van der Waals surface area contributed by atoms with Gasteiger partial charge in [0.05, 0.1) is 19.8 Å². The van der Waals surface area contributed by atoms with Gasteiger partial charge in [-0.25, -0.2) is 4.57 Å². The Hall–Kier alpha value is -0.500. The maximum Gasteiger partial charge on any atom is 0.472 e. The number of unbranched alkanes of at least 4 members (excludes halogenated alkanes) is 45. The molecule has 0 aliphatic heterocycles. The van der Waals surface area contributed by atoms with Gasteiger partial charge in [0.15, 0.2) is 0 Å². The van der Waals surface area contributed by atoms with Crippen LogP contribution in [0.1, 0.15) is 322 Å². The molecule has 0 bridgehead atoms. The molecular formula is C57H116NO7P. The first-order valence-corrected chi connectivity index (χ1v) is 31.0. The highest BCUT2D eigenvalue weighted by Gasteiger charge is 2.25. The molecule has 0 spiro atoms. The van der Waals surface area contributed by atoms with Crippen molar-refractivity contribution >= 4 is 13.8 Å². The van der Waals surface area contributed by atoms with Gasteiger partial charge in [-0.2, -0.15) is 0 Å². The first-order chi connectivity index (χ1) is 32.4. The van der Waals surface area contributed by atoms with Crippen LogP contribution in [0, 0.1) is 0 Å². The fourth-order valence-electron chi connectivity index (χ4n) is 9.18. The van der Waals surface area contributed by atoms with E-state index in [0.717, 1.165) is 32.1 Å². The molecule has 0 aliphatic rings. The third-order valence-electron chi connectivity index (χ3n) is 13.5. The number of hydrogen-bond donors (Lipinski definition) is 2. The van der Waals surface area contributed by atoms with Gasteiger partial charge in [-0.15, -0.1) is 0 Å². The largest absolute Gasteiger partial charge is 0.472 e. The van der Waals surface area contributed by atoms with Gasteiger partial charge in [-0.1, -0.05) is 303 Å². The van der Waals surface area contributed by atoms with Crippen molar-refractivity contribution in [2.75, 3.05) is 33.0 Å². The molecule has 396 valence electrons. The molecule has 0 saturated heterocycles. The number of phosphoric ester groups is 1. The zero-order chi connectivity index (χ0) is 48.0. The summed E-state index contributed by atoms with van der Waals surface area (Å²) in [5.41, 5.74) is 5.39. The van der Waals surface area contributed by atoms with E-state index in [9.17, 15) is 14.3 Å². The number of carbonyl (C=O) groups is 1. The van der Waals surface area contributed by atoms with Crippen LogP contribution in [0.25, 0.3) is 0 Å². The molecule has 0 aromatic heterocycles. The van der Waals surface area contributed by atoms with Crippen molar-refractivity contribution in [1.82, 2.24) is 0 Å². The topological polar surface area (TPSA) is 117 Å². The molecule has 0 aliphatic carbocycles. The second-order valence-corrected chi connectivity index (χ2v) is 21.7. The van der Waals surface area contributed by atoms with Gasteiger partial charge >= 0.3 is 13.8 Å². The number of ether oxygens (including phenoxy) is 2. The number of hydrogen-bond acceptors (Lipinski definition) is 7. The standard InChI is InChI=1S/C57H116NO7P/c1-3-5-7-9-11-13-15-17-18-19-20-21-22-23-24-25-26-27-28-29-30-31-32-33-34-35-36-37-38-39-40-42-44-46-48-50-57(59)65-56(55-64-66(60,61)63-53-51-58)54-62-52-49-47-45-43-41-16-14-12-10-8-6-4-2/h56H,3-55,58H2,1-2H3,(H,60,61)/t56-/m1/s1. The molecule has 2 atom stereocenters. The third kappa shape index (κ3) is 54.4. The Morgan fingerprint density at radius 2 is 0.667 bits per heavy atom. The maximum atomic E-state index is 12.7. The van der Waals surface area contributed by atoms with E-state index in [1.54, 1.807) is 0 Å². The van der Waals surface area contributed by atoms with Gasteiger partial charge in [0.25, 0.3) is 0 Å². The molecule has 9 heteroatoms. The van der Waals surface area contributed by atoms with Crippen molar-refractivity contribution in [2.45, 2.75) is 328 Å². The highest BCUT2D eigenvalue weighted by molar-refractivity contribution is 7.47. The van der Waals surface area contributed by atoms with Gasteiger partial charge in [0.1, 0.15) is 6.10 Å². The number of rotatable bonds is 58. The van der Waals surface area contributed by atoms with Crippen molar-refractivity contribution in [3.63, 3.8) is 0 Å². The van der Waals surface area contributed by atoms with Crippen molar-refractivity contribution < 1.29 is 32.8 Å². The number of nitrogens with two attached hydrogens (primary N) is 1. The van der Waals surface area contributed by atoms with E-state index in [1.807, 2.05) is 0 Å².